The van der Waals surface area contributed by atoms with Gasteiger partial charge in [0.1, 0.15) is 6.10 Å². The van der Waals surface area contributed by atoms with Crippen LogP contribution in [0.25, 0.3) is 0 Å². The molecule has 3 aliphatic rings. The molecule has 1 fully saturated rings. The molecule has 0 aromatic rings. The maximum absolute atomic E-state index is 5.36. The predicted octanol–water partition coefficient (Wildman–Crippen LogP) is 1.58. The standard InChI is InChI=1S/C9H11NO/c1-5-8-6-2-3-7(4-6)9(8)11-10-5/h2-3,6-9H,4H2,1H3/t6-,7+,8-,9+/m1/s1. The minimum Gasteiger partial charge on any atom is -0.391 e. The molecular weight excluding hydrogens is 138 g/mol. The molecule has 2 aliphatic carbocycles. The smallest absolute Gasteiger partial charge is 0.142 e. The minimum absolute atomic E-state index is 0.394. The molecule has 1 heterocycles. The molecule has 2 heteroatoms. The monoisotopic (exact) mass is 149 g/mol. The summed E-state index contributed by atoms with van der Waals surface area (Å²) in [5.74, 6) is 2.01. The Hall–Kier alpha value is -0.790. The summed E-state index contributed by atoms with van der Waals surface area (Å²) in [6, 6.07) is 0. The van der Waals surface area contributed by atoms with Gasteiger partial charge in [-0.1, -0.05) is 17.3 Å². The van der Waals surface area contributed by atoms with Crippen LogP contribution in [0.1, 0.15) is 13.3 Å². The van der Waals surface area contributed by atoms with Crippen LogP contribution in [0.4, 0.5) is 0 Å². The Labute approximate surface area is 65.9 Å². The zero-order valence-electron chi connectivity index (χ0n) is 6.53. The van der Waals surface area contributed by atoms with Crippen molar-refractivity contribution >= 4 is 5.71 Å². The zero-order valence-corrected chi connectivity index (χ0v) is 6.53. The van der Waals surface area contributed by atoms with Gasteiger partial charge in [-0.3, -0.25) is 0 Å². The molecule has 1 saturated carbocycles. The molecule has 58 valence electrons. The molecule has 2 bridgehead atoms. The van der Waals surface area contributed by atoms with Crippen molar-refractivity contribution in [3.05, 3.63) is 12.2 Å². The molecule has 3 rings (SSSR count). The zero-order chi connectivity index (χ0) is 7.42. The van der Waals surface area contributed by atoms with Crippen LogP contribution in [-0.2, 0) is 4.84 Å². The third-order valence-electron chi connectivity index (χ3n) is 3.19. The second-order valence-electron chi connectivity index (χ2n) is 3.78. The average molecular weight is 149 g/mol. The average Bonchev–Trinajstić information content (AvgIpc) is 2.60. The molecule has 2 nitrogen and oxygen atoms in total. The van der Waals surface area contributed by atoms with Crippen LogP contribution >= 0.6 is 0 Å². The van der Waals surface area contributed by atoms with Crippen molar-refractivity contribution in [1.82, 2.24) is 0 Å². The number of hydrogen-bond acceptors (Lipinski definition) is 2. The summed E-state index contributed by atoms with van der Waals surface area (Å²) >= 11 is 0. The van der Waals surface area contributed by atoms with E-state index < -0.39 is 0 Å². The van der Waals surface area contributed by atoms with E-state index in [1.165, 1.54) is 12.1 Å². The van der Waals surface area contributed by atoms with Crippen LogP contribution in [0.2, 0.25) is 0 Å². The Morgan fingerprint density at radius 2 is 2.27 bits per heavy atom. The molecule has 0 N–H and O–H groups in total. The molecule has 0 unspecified atom stereocenters. The fraction of sp³-hybridized carbons (Fsp3) is 0.667. The van der Waals surface area contributed by atoms with Gasteiger partial charge in [-0.05, 0) is 19.3 Å². The second-order valence-corrected chi connectivity index (χ2v) is 3.78. The van der Waals surface area contributed by atoms with E-state index in [9.17, 15) is 0 Å². The van der Waals surface area contributed by atoms with E-state index in [2.05, 4.69) is 24.2 Å². The summed E-state index contributed by atoms with van der Waals surface area (Å²) in [5, 5.41) is 4.04. The van der Waals surface area contributed by atoms with E-state index in [1.54, 1.807) is 0 Å². The predicted molar refractivity (Wildman–Crippen MR) is 42.2 cm³/mol. The number of fused-ring (bicyclic) bond motifs is 5. The lowest BCUT2D eigenvalue weighted by Crippen LogP contribution is -2.25. The maximum atomic E-state index is 5.36. The Kier molecular flexibility index (Phi) is 0.888. The molecular formula is C9H11NO. The Bertz CT molecular complexity index is 256. The van der Waals surface area contributed by atoms with Crippen molar-refractivity contribution in [1.29, 1.82) is 0 Å². The normalized spacial score (nSPS) is 50.8. The highest BCUT2D eigenvalue weighted by molar-refractivity contribution is 5.86. The number of oxime groups is 1. The van der Waals surface area contributed by atoms with E-state index >= 15 is 0 Å². The van der Waals surface area contributed by atoms with E-state index in [-0.39, 0.29) is 0 Å². The summed E-state index contributed by atoms with van der Waals surface area (Å²) in [5.41, 5.74) is 1.20. The minimum atomic E-state index is 0.394. The van der Waals surface area contributed by atoms with Crippen molar-refractivity contribution in [2.24, 2.45) is 22.9 Å². The third kappa shape index (κ3) is 0.561. The lowest BCUT2D eigenvalue weighted by Gasteiger charge is -2.17. The quantitative estimate of drug-likeness (QED) is 0.479. The number of allylic oxidation sites excluding steroid dienone is 1. The fourth-order valence-corrected chi connectivity index (χ4v) is 2.67. The van der Waals surface area contributed by atoms with Crippen LogP contribution < -0.4 is 0 Å². The van der Waals surface area contributed by atoms with Gasteiger partial charge < -0.3 is 4.84 Å². The summed E-state index contributed by atoms with van der Waals surface area (Å²) in [4.78, 5) is 5.36. The molecule has 1 aliphatic heterocycles. The van der Waals surface area contributed by atoms with Gasteiger partial charge in [0.05, 0.1) is 5.71 Å². The van der Waals surface area contributed by atoms with Gasteiger partial charge in [0.15, 0.2) is 0 Å². The van der Waals surface area contributed by atoms with Gasteiger partial charge in [-0.2, -0.15) is 0 Å². The maximum Gasteiger partial charge on any atom is 0.142 e. The van der Waals surface area contributed by atoms with Crippen molar-refractivity contribution in [2.45, 2.75) is 19.4 Å². The van der Waals surface area contributed by atoms with E-state index in [4.69, 9.17) is 4.84 Å². The first-order valence-corrected chi connectivity index (χ1v) is 4.25. The first kappa shape index (κ1) is 5.81. The number of rotatable bonds is 0. The lowest BCUT2D eigenvalue weighted by atomic mass is 9.88. The highest BCUT2D eigenvalue weighted by Crippen LogP contribution is 2.48. The molecule has 4 atom stereocenters. The van der Waals surface area contributed by atoms with Gasteiger partial charge in [-0.25, -0.2) is 0 Å². The van der Waals surface area contributed by atoms with E-state index in [1.807, 2.05) is 0 Å². The van der Waals surface area contributed by atoms with Crippen molar-refractivity contribution in [3.8, 4) is 0 Å². The molecule has 0 spiro atoms. The summed E-state index contributed by atoms with van der Waals surface area (Å²) in [6.07, 6.45) is 6.31. The van der Waals surface area contributed by atoms with E-state index in [0.717, 1.165) is 5.92 Å². The van der Waals surface area contributed by atoms with Crippen LogP contribution in [0.5, 0.6) is 0 Å². The van der Waals surface area contributed by atoms with Crippen molar-refractivity contribution in [2.75, 3.05) is 0 Å². The summed E-state index contributed by atoms with van der Waals surface area (Å²) < 4.78 is 0. The van der Waals surface area contributed by atoms with Crippen LogP contribution in [0.15, 0.2) is 17.3 Å². The largest absolute Gasteiger partial charge is 0.391 e. The van der Waals surface area contributed by atoms with Gasteiger partial charge in [0.25, 0.3) is 0 Å². The van der Waals surface area contributed by atoms with Crippen molar-refractivity contribution < 1.29 is 4.84 Å². The molecule has 11 heavy (non-hydrogen) atoms. The Morgan fingerprint density at radius 1 is 1.45 bits per heavy atom. The SMILES string of the molecule is CC1=NO[C@@H]2[C@H]1[C@@H]1C=C[C@H]2C1. The Morgan fingerprint density at radius 3 is 3.09 bits per heavy atom. The molecule has 0 amide bonds. The highest BCUT2D eigenvalue weighted by Gasteiger charge is 2.50. The summed E-state index contributed by atoms with van der Waals surface area (Å²) in [6.45, 7) is 2.08. The van der Waals surface area contributed by atoms with Gasteiger partial charge in [0.2, 0.25) is 0 Å². The van der Waals surface area contributed by atoms with Crippen molar-refractivity contribution in [3.63, 3.8) is 0 Å². The van der Waals surface area contributed by atoms with E-state index in [0.29, 0.717) is 17.9 Å². The van der Waals surface area contributed by atoms with Crippen LogP contribution in [0.3, 0.4) is 0 Å². The number of nitrogens with zero attached hydrogens (tertiary/aromatic N) is 1. The Balaban J connectivity index is 2.03. The molecule has 0 aromatic carbocycles. The first-order chi connectivity index (χ1) is 5.36. The van der Waals surface area contributed by atoms with Crippen LogP contribution in [0, 0.1) is 17.8 Å². The van der Waals surface area contributed by atoms with Gasteiger partial charge in [0, 0.05) is 11.8 Å². The summed E-state index contributed by atoms with van der Waals surface area (Å²) in [7, 11) is 0. The molecule has 0 radical (unpaired) electrons. The second kappa shape index (κ2) is 1.68. The van der Waals surface area contributed by atoms with Gasteiger partial charge in [-0.15, -0.1) is 0 Å². The van der Waals surface area contributed by atoms with Crippen LogP contribution in [-0.4, -0.2) is 11.8 Å². The third-order valence-corrected chi connectivity index (χ3v) is 3.19. The first-order valence-electron chi connectivity index (χ1n) is 4.25. The number of hydrogen-bond donors (Lipinski definition) is 0. The highest BCUT2D eigenvalue weighted by atomic mass is 16.6. The molecule has 0 saturated heterocycles. The topological polar surface area (TPSA) is 21.6 Å². The molecule has 0 aromatic heterocycles. The lowest BCUT2D eigenvalue weighted by molar-refractivity contribution is 0.0504. The van der Waals surface area contributed by atoms with Gasteiger partial charge >= 0.3 is 0 Å². The fourth-order valence-electron chi connectivity index (χ4n) is 2.67.